The highest BCUT2D eigenvalue weighted by Gasteiger charge is 2.11. The molecule has 0 saturated carbocycles. The number of nitrogens with one attached hydrogen (secondary N) is 1. The highest BCUT2D eigenvalue weighted by atomic mass is 32.2. The molecule has 0 aliphatic rings. The van der Waals surface area contributed by atoms with Crippen LogP contribution in [0.15, 0.2) is 30.3 Å². The Bertz CT molecular complexity index is 436. The Morgan fingerprint density at radius 2 is 2.00 bits per heavy atom. The van der Waals surface area contributed by atoms with Crippen molar-refractivity contribution in [2.45, 2.75) is 26.2 Å². The lowest BCUT2D eigenvalue weighted by molar-refractivity contribution is -0.134. The van der Waals surface area contributed by atoms with Crippen molar-refractivity contribution in [1.82, 2.24) is 5.32 Å². The van der Waals surface area contributed by atoms with E-state index < -0.39 is 5.97 Å². The van der Waals surface area contributed by atoms with E-state index in [-0.39, 0.29) is 17.6 Å². The highest BCUT2D eigenvalue weighted by Crippen LogP contribution is 2.10. The number of benzene rings is 1. The number of carboxylic acid groups (broad SMARTS) is 1. The molecule has 4 nitrogen and oxygen atoms in total. The summed E-state index contributed by atoms with van der Waals surface area (Å²) < 4.78 is 0. The number of carbonyl (C=O) groups is 2. The van der Waals surface area contributed by atoms with Crippen LogP contribution in [0, 0.1) is 5.92 Å². The number of hydrogen-bond acceptors (Lipinski definition) is 3. The number of thioether (sulfide) groups is 1. The third-order valence-corrected chi connectivity index (χ3v) is 4.11. The van der Waals surface area contributed by atoms with E-state index in [1.807, 2.05) is 25.1 Å². The molecule has 0 aliphatic heterocycles. The maximum Gasteiger partial charge on any atom is 0.313 e. The lowest BCUT2D eigenvalue weighted by Crippen LogP contribution is -2.31. The van der Waals surface area contributed by atoms with Gasteiger partial charge in [0.05, 0.1) is 5.75 Å². The molecule has 1 atom stereocenters. The van der Waals surface area contributed by atoms with Crippen molar-refractivity contribution in [3.05, 3.63) is 35.9 Å². The summed E-state index contributed by atoms with van der Waals surface area (Å²) in [6.07, 6.45) is 2.85. The summed E-state index contributed by atoms with van der Waals surface area (Å²) in [4.78, 5) is 22.2. The van der Waals surface area contributed by atoms with Crippen molar-refractivity contribution >= 4 is 23.6 Å². The van der Waals surface area contributed by atoms with Crippen molar-refractivity contribution in [3.8, 4) is 0 Å². The van der Waals surface area contributed by atoms with Crippen LogP contribution in [0.3, 0.4) is 0 Å². The zero-order chi connectivity index (χ0) is 15.5. The van der Waals surface area contributed by atoms with Gasteiger partial charge in [-0.15, -0.1) is 11.8 Å². The van der Waals surface area contributed by atoms with Gasteiger partial charge in [0.15, 0.2) is 0 Å². The summed E-state index contributed by atoms with van der Waals surface area (Å²) in [6.45, 7) is 2.46. The number of rotatable bonds is 10. The molecule has 1 amide bonds. The van der Waals surface area contributed by atoms with Crippen LogP contribution in [0.1, 0.15) is 25.3 Å². The molecule has 0 aliphatic carbocycles. The summed E-state index contributed by atoms with van der Waals surface area (Å²) in [7, 11) is 0. The molecule has 1 aromatic carbocycles. The summed E-state index contributed by atoms with van der Waals surface area (Å²) >= 11 is 1.32. The second-order valence-corrected chi connectivity index (χ2v) is 6.12. The van der Waals surface area contributed by atoms with Gasteiger partial charge in [-0.05, 0) is 24.8 Å². The van der Waals surface area contributed by atoms with Gasteiger partial charge in [0, 0.05) is 18.2 Å². The first-order valence-corrected chi connectivity index (χ1v) is 8.36. The molecule has 21 heavy (non-hydrogen) atoms. The maximum absolute atomic E-state index is 11.8. The summed E-state index contributed by atoms with van der Waals surface area (Å²) in [6, 6.07) is 10.3. The van der Waals surface area contributed by atoms with Crippen LogP contribution in [-0.4, -0.2) is 35.0 Å². The van der Waals surface area contributed by atoms with E-state index in [1.165, 1.54) is 17.3 Å². The fourth-order valence-electron chi connectivity index (χ4n) is 1.97. The van der Waals surface area contributed by atoms with Gasteiger partial charge in [0.2, 0.25) is 5.91 Å². The maximum atomic E-state index is 11.8. The Hall–Kier alpha value is -1.49. The van der Waals surface area contributed by atoms with Crippen molar-refractivity contribution in [1.29, 1.82) is 0 Å². The third kappa shape index (κ3) is 8.40. The first-order chi connectivity index (χ1) is 10.1. The predicted octanol–water partition coefficient (Wildman–Crippen LogP) is 2.58. The highest BCUT2D eigenvalue weighted by molar-refractivity contribution is 7.99. The second-order valence-electron chi connectivity index (χ2n) is 5.02. The Balaban J connectivity index is 2.09. The van der Waals surface area contributed by atoms with Crippen LogP contribution >= 0.6 is 11.8 Å². The summed E-state index contributed by atoms with van der Waals surface area (Å²) in [5, 5.41) is 11.3. The van der Waals surface area contributed by atoms with E-state index in [4.69, 9.17) is 5.11 Å². The quantitative estimate of drug-likeness (QED) is 0.652. The fourth-order valence-corrected chi connectivity index (χ4v) is 2.53. The van der Waals surface area contributed by atoms with E-state index in [1.54, 1.807) is 0 Å². The molecule has 0 spiro atoms. The monoisotopic (exact) mass is 309 g/mol. The molecule has 0 fully saturated rings. The van der Waals surface area contributed by atoms with Crippen molar-refractivity contribution in [2.75, 3.05) is 18.1 Å². The molecular formula is C16H23NO3S. The van der Waals surface area contributed by atoms with Gasteiger partial charge in [-0.25, -0.2) is 0 Å². The van der Waals surface area contributed by atoms with Crippen molar-refractivity contribution in [2.24, 2.45) is 5.92 Å². The summed E-state index contributed by atoms with van der Waals surface area (Å²) in [5.74, 6) is -0.0464. The number of carbonyl (C=O) groups excluding carboxylic acids is 1. The van der Waals surface area contributed by atoms with E-state index in [2.05, 4.69) is 17.4 Å². The molecule has 2 N–H and O–H groups in total. The van der Waals surface area contributed by atoms with Gasteiger partial charge < -0.3 is 10.4 Å². The molecule has 0 radical (unpaired) electrons. The lowest BCUT2D eigenvalue weighted by Gasteiger charge is -2.12. The predicted molar refractivity (Wildman–Crippen MR) is 86.5 cm³/mol. The van der Waals surface area contributed by atoms with E-state index in [0.29, 0.717) is 12.3 Å². The molecule has 116 valence electrons. The molecular weight excluding hydrogens is 286 g/mol. The van der Waals surface area contributed by atoms with Crippen LogP contribution in [0.25, 0.3) is 0 Å². The smallest absolute Gasteiger partial charge is 0.313 e. The van der Waals surface area contributed by atoms with Crippen LogP contribution in [-0.2, 0) is 16.0 Å². The molecule has 5 heteroatoms. The Morgan fingerprint density at radius 1 is 1.29 bits per heavy atom. The number of aliphatic carboxylic acids is 1. The SMILES string of the molecule is CC(CCCc1ccccc1)C(=O)NCCSCC(=O)O. The number of carboxylic acids is 1. The number of aryl methyl sites for hydroxylation is 1. The van der Waals surface area contributed by atoms with Gasteiger partial charge in [0.1, 0.15) is 0 Å². The Labute approximate surface area is 130 Å². The van der Waals surface area contributed by atoms with Gasteiger partial charge in [-0.2, -0.15) is 0 Å². The van der Waals surface area contributed by atoms with Crippen LogP contribution < -0.4 is 5.32 Å². The standard InChI is InChI=1S/C16H23NO3S/c1-13(6-5-9-14-7-3-2-4-8-14)16(20)17-10-11-21-12-15(18)19/h2-4,7-8,13H,5-6,9-12H2,1H3,(H,17,20)(H,18,19). The second kappa shape index (κ2) is 10.3. The van der Waals surface area contributed by atoms with Crippen LogP contribution in [0.5, 0.6) is 0 Å². The number of hydrogen-bond donors (Lipinski definition) is 2. The van der Waals surface area contributed by atoms with Crippen molar-refractivity contribution in [3.63, 3.8) is 0 Å². The molecule has 1 unspecified atom stereocenters. The lowest BCUT2D eigenvalue weighted by atomic mass is 10.0. The Morgan fingerprint density at radius 3 is 2.67 bits per heavy atom. The fraction of sp³-hybridized carbons (Fsp3) is 0.500. The zero-order valence-electron chi connectivity index (χ0n) is 12.4. The first kappa shape index (κ1) is 17.6. The third-order valence-electron chi connectivity index (χ3n) is 3.16. The van der Waals surface area contributed by atoms with Crippen LogP contribution in [0.2, 0.25) is 0 Å². The first-order valence-electron chi connectivity index (χ1n) is 7.20. The van der Waals surface area contributed by atoms with Crippen LogP contribution in [0.4, 0.5) is 0 Å². The minimum atomic E-state index is -0.819. The van der Waals surface area contributed by atoms with Gasteiger partial charge in [0.25, 0.3) is 0 Å². The zero-order valence-corrected chi connectivity index (χ0v) is 13.2. The molecule has 0 bridgehead atoms. The van der Waals surface area contributed by atoms with Crippen molar-refractivity contribution < 1.29 is 14.7 Å². The van der Waals surface area contributed by atoms with E-state index >= 15 is 0 Å². The largest absolute Gasteiger partial charge is 0.481 e. The molecule has 0 heterocycles. The molecule has 1 rings (SSSR count). The normalized spacial score (nSPS) is 11.9. The Kier molecular flexibility index (Phi) is 8.59. The molecule has 1 aromatic rings. The van der Waals surface area contributed by atoms with E-state index in [0.717, 1.165) is 19.3 Å². The van der Waals surface area contributed by atoms with Gasteiger partial charge >= 0.3 is 5.97 Å². The molecule has 0 aromatic heterocycles. The molecule has 0 saturated heterocycles. The van der Waals surface area contributed by atoms with E-state index in [9.17, 15) is 9.59 Å². The minimum Gasteiger partial charge on any atom is -0.481 e. The average molecular weight is 309 g/mol. The number of amides is 1. The minimum absolute atomic E-state index is 0.00168. The average Bonchev–Trinajstić information content (AvgIpc) is 2.47. The van der Waals surface area contributed by atoms with Gasteiger partial charge in [-0.1, -0.05) is 37.3 Å². The van der Waals surface area contributed by atoms with Gasteiger partial charge in [-0.3, -0.25) is 9.59 Å². The topological polar surface area (TPSA) is 66.4 Å². The summed E-state index contributed by atoms with van der Waals surface area (Å²) in [5.41, 5.74) is 1.30.